The minimum Gasteiger partial charge on any atom is -0.455 e. The van der Waals surface area contributed by atoms with Crippen molar-refractivity contribution in [2.24, 2.45) is 0 Å². The molecule has 0 fully saturated rings. The van der Waals surface area contributed by atoms with Crippen LogP contribution in [0.2, 0.25) is 0 Å². The van der Waals surface area contributed by atoms with Crippen LogP contribution in [-0.4, -0.2) is 0 Å². The summed E-state index contributed by atoms with van der Waals surface area (Å²) in [7, 11) is 0. The van der Waals surface area contributed by atoms with Gasteiger partial charge >= 0.3 is 0 Å². The molecule has 2 heteroatoms. The molecule has 0 unspecified atom stereocenters. The minimum atomic E-state index is 0. The van der Waals surface area contributed by atoms with E-state index in [2.05, 4.69) is 12.1 Å². The SMILES string of the molecule is [CH-]=Cc1[c-]c[c-]c(C=[CH-])c1.[Y].[Y]. The van der Waals surface area contributed by atoms with Crippen LogP contribution < -0.4 is 0 Å². The van der Waals surface area contributed by atoms with Gasteiger partial charge in [-0.15, -0.1) is 0 Å². The van der Waals surface area contributed by atoms with Crippen molar-refractivity contribution in [2.75, 3.05) is 0 Å². The number of hydrogen-bond donors (Lipinski definition) is 0. The molecule has 0 amide bonds. The Bertz CT molecular complexity index is 231. The quantitative estimate of drug-likeness (QED) is 0.735. The molecule has 0 bridgehead atoms. The normalized spacial score (nSPS) is 7.33. The van der Waals surface area contributed by atoms with Crippen molar-refractivity contribution < 1.29 is 65.4 Å². The standard InChI is InChI=1S/C10H6.2Y/c1-3-9-6-5-7-10(4-2)8-9;;/h1-5,8H;;/q-4;;. The molecule has 0 saturated carbocycles. The zero-order valence-electron chi connectivity index (χ0n) is 6.62. The Morgan fingerprint density at radius 1 is 1.00 bits per heavy atom. The second kappa shape index (κ2) is 8.50. The Kier molecular flexibility index (Phi) is 10.9. The van der Waals surface area contributed by atoms with E-state index in [1.54, 1.807) is 12.1 Å². The maximum absolute atomic E-state index is 5.25. The van der Waals surface area contributed by atoms with E-state index < -0.39 is 0 Å². The van der Waals surface area contributed by atoms with Crippen molar-refractivity contribution in [1.82, 2.24) is 0 Å². The van der Waals surface area contributed by atoms with Gasteiger partial charge in [0.15, 0.2) is 0 Å². The van der Waals surface area contributed by atoms with Crippen LogP contribution in [0.25, 0.3) is 12.2 Å². The van der Waals surface area contributed by atoms with Crippen LogP contribution >= 0.6 is 0 Å². The van der Waals surface area contributed by atoms with Crippen molar-refractivity contribution in [1.29, 1.82) is 0 Å². The summed E-state index contributed by atoms with van der Waals surface area (Å²) in [5, 5.41) is 0. The van der Waals surface area contributed by atoms with Gasteiger partial charge in [0.2, 0.25) is 0 Å². The maximum Gasteiger partial charge on any atom is 0 e. The fourth-order valence-electron chi connectivity index (χ4n) is 0.646. The average Bonchev–Trinajstić information content (AvgIpc) is 2.05. The maximum atomic E-state index is 5.25. The molecule has 0 aliphatic heterocycles. The van der Waals surface area contributed by atoms with E-state index in [1.165, 1.54) is 12.2 Å². The van der Waals surface area contributed by atoms with Crippen LogP contribution in [0.4, 0.5) is 0 Å². The Morgan fingerprint density at radius 2 is 1.42 bits per heavy atom. The fraction of sp³-hybridized carbons (Fsp3) is 0. The van der Waals surface area contributed by atoms with Crippen molar-refractivity contribution in [3.8, 4) is 0 Å². The van der Waals surface area contributed by atoms with E-state index in [4.69, 9.17) is 13.2 Å². The van der Waals surface area contributed by atoms with E-state index in [1.807, 2.05) is 0 Å². The number of rotatable bonds is 2. The van der Waals surface area contributed by atoms with Gasteiger partial charge in [0.05, 0.1) is 0 Å². The minimum absolute atomic E-state index is 0. The van der Waals surface area contributed by atoms with Crippen LogP contribution in [0.15, 0.2) is 12.1 Å². The monoisotopic (exact) mass is 304 g/mol. The Balaban J connectivity index is 0. The summed E-state index contributed by atoms with van der Waals surface area (Å²) in [6.07, 6.45) is 2.95. The Hall–Kier alpha value is 0.908. The first-order valence-corrected chi connectivity index (χ1v) is 2.90. The predicted octanol–water partition coefficient (Wildman–Crippen LogP) is 2.17. The van der Waals surface area contributed by atoms with Gasteiger partial charge in [0.25, 0.3) is 0 Å². The van der Waals surface area contributed by atoms with Gasteiger partial charge in [0, 0.05) is 65.4 Å². The van der Waals surface area contributed by atoms with Crippen molar-refractivity contribution in [3.63, 3.8) is 0 Å². The molecular weight excluding hydrogens is 298 g/mol. The van der Waals surface area contributed by atoms with Crippen LogP contribution in [0.3, 0.4) is 0 Å². The summed E-state index contributed by atoms with van der Waals surface area (Å²) in [5.74, 6) is 0. The largest absolute Gasteiger partial charge is 0.455 e. The number of benzene rings is 1. The molecule has 1 rings (SSSR count). The van der Waals surface area contributed by atoms with E-state index in [-0.39, 0.29) is 65.4 Å². The van der Waals surface area contributed by atoms with Crippen molar-refractivity contribution in [2.45, 2.75) is 0 Å². The van der Waals surface area contributed by atoms with E-state index >= 15 is 0 Å². The summed E-state index contributed by atoms with van der Waals surface area (Å²) in [6, 6.07) is 9.23. The molecule has 2 radical (unpaired) electrons. The molecule has 56 valence electrons. The smallest absolute Gasteiger partial charge is 0 e. The van der Waals surface area contributed by atoms with Crippen LogP contribution in [0, 0.1) is 25.3 Å². The Morgan fingerprint density at radius 3 is 1.75 bits per heavy atom. The molecule has 0 aliphatic rings. The zero-order valence-corrected chi connectivity index (χ0v) is 12.3. The molecule has 0 nitrogen and oxygen atoms in total. The molecule has 0 aromatic heterocycles. The molecule has 1 aromatic carbocycles. The van der Waals surface area contributed by atoms with Gasteiger partial charge in [-0.2, -0.15) is 0 Å². The van der Waals surface area contributed by atoms with Crippen LogP contribution in [0.5, 0.6) is 0 Å². The molecule has 0 saturated heterocycles. The van der Waals surface area contributed by atoms with Gasteiger partial charge in [-0.05, 0) is 0 Å². The summed E-state index contributed by atoms with van der Waals surface area (Å²) < 4.78 is 0. The Labute approximate surface area is 124 Å². The predicted molar refractivity (Wildman–Crippen MR) is 41.6 cm³/mol. The first-order valence-electron chi connectivity index (χ1n) is 2.90. The van der Waals surface area contributed by atoms with E-state index in [0.29, 0.717) is 0 Å². The summed E-state index contributed by atoms with van der Waals surface area (Å²) in [5.41, 5.74) is 1.66. The van der Waals surface area contributed by atoms with Crippen molar-refractivity contribution in [3.05, 3.63) is 48.6 Å². The molecule has 0 aliphatic carbocycles. The van der Waals surface area contributed by atoms with Gasteiger partial charge in [-0.3, -0.25) is 18.7 Å². The second-order valence-corrected chi connectivity index (χ2v) is 1.82. The first kappa shape index (κ1) is 15.4. The van der Waals surface area contributed by atoms with Gasteiger partial charge < -0.3 is 42.0 Å². The second-order valence-electron chi connectivity index (χ2n) is 1.82. The topological polar surface area (TPSA) is 0 Å². The molecular formula is C10H6Y2-4. The summed E-state index contributed by atoms with van der Waals surface area (Å²) in [4.78, 5) is 0. The molecule has 1 aromatic rings. The van der Waals surface area contributed by atoms with Crippen LogP contribution in [-0.2, 0) is 65.4 Å². The molecule has 0 atom stereocenters. The van der Waals surface area contributed by atoms with Crippen molar-refractivity contribution >= 4 is 12.2 Å². The third kappa shape index (κ3) is 4.82. The van der Waals surface area contributed by atoms with Gasteiger partial charge in [0.1, 0.15) is 0 Å². The van der Waals surface area contributed by atoms with E-state index in [9.17, 15) is 0 Å². The van der Waals surface area contributed by atoms with Crippen LogP contribution in [0.1, 0.15) is 11.1 Å². The van der Waals surface area contributed by atoms with E-state index in [0.717, 1.165) is 11.1 Å². The summed E-state index contributed by atoms with van der Waals surface area (Å²) >= 11 is 0. The third-order valence-electron chi connectivity index (χ3n) is 1.15. The molecule has 0 spiro atoms. The molecule has 0 heterocycles. The van der Waals surface area contributed by atoms with Gasteiger partial charge in [-0.1, -0.05) is 0 Å². The first-order chi connectivity index (χ1) is 4.86. The summed E-state index contributed by atoms with van der Waals surface area (Å²) in [6.45, 7) is 10.5. The molecule has 0 N–H and O–H groups in total. The average molecular weight is 304 g/mol. The molecule has 12 heavy (non-hydrogen) atoms. The third-order valence-corrected chi connectivity index (χ3v) is 1.15. The fourth-order valence-corrected chi connectivity index (χ4v) is 0.646. The zero-order chi connectivity index (χ0) is 7.40. The number of hydrogen-bond acceptors (Lipinski definition) is 0. The van der Waals surface area contributed by atoms with Gasteiger partial charge in [-0.25, -0.2) is 0 Å².